The van der Waals surface area contributed by atoms with Crippen LogP contribution >= 0.6 is 0 Å². The summed E-state index contributed by atoms with van der Waals surface area (Å²) in [7, 11) is 0. The fourth-order valence-corrected chi connectivity index (χ4v) is 13.4. The predicted molar refractivity (Wildman–Crippen MR) is 357 cm³/mol. The van der Waals surface area contributed by atoms with E-state index < -0.39 is 148 Å². The van der Waals surface area contributed by atoms with Crippen molar-refractivity contribution in [3.05, 3.63) is 0 Å². The molecule has 0 aliphatic carbocycles. The van der Waals surface area contributed by atoms with Gasteiger partial charge in [-0.2, -0.15) is 0 Å². The van der Waals surface area contributed by atoms with E-state index in [9.17, 15) is 75.7 Å². The Balaban J connectivity index is 1.56. The van der Waals surface area contributed by atoms with Crippen LogP contribution in [0.2, 0.25) is 0 Å². The van der Waals surface area contributed by atoms with Gasteiger partial charge in [0.25, 0.3) is 5.79 Å². The summed E-state index contributed by atoms with van der Waals surface area (Å²) < 4.78 is 34.9. The van der Waals surface area contributed by atoms with Gasteiger partial charge in [0.1, 0.15) is 67.1 Å². The fourth-order valence-electron chi connectivity index (χ4n) is 13.4. The number of amides is 2. The number of aliphatic hydroxyl groups excluding tert-OH is 11. The van der Waals surface area contributed by atoms with Crippen LogP contribution in [0.4, 0.5) is 0 Å². The van der Waals surface area contributed by atoms with Gasteiger partial charge in [-0.25, -0.2) is 4.79 Å². The summed E-state index contributed by atoms with van der Waals surface area (Å²) in [5.74, 6) is -6.09. The van der Waals surface area contributed by atoms with Crippen molar-refractivity contribution in [3.8, 4) is 0 Å². The monoisotopic (exact) mass is 1350 g/mol. The third kappa shape index (κ3) is 33.3. The summed E-state index contributed by atoms with van der Waals surface area (Å²) in [4.78, 5) is 38.6. The molecule has 3 rings (SSSR count). The molecule has 554 valence electrons. The number of aliphatic hydroxyl groups is 11. The highest BCUT2D eigenvalue weighted by molar-refractivity contribution is 5.77. The SMILES string of the molecule is CCCCCCCCCCCCCCCCCCCCCCC(=O)NC(COC1OC(CO)C(OC2OC(CO)C(O)C(OC3(C(=O)O)CC(O)C(NC(C)=O)C(C(O)C(O)CO)O3)C2O)C(O)C1O)C(O)CCCCCCCCCCCCCCCCCCCCCC. The quantitative estimate of drug-likeness (QED) is 0.0256. The first-order chi connectivity index (χ1) is 45.4. The van der Waals surface area contributed by atoms with E-state index in [1.54, 1.807) is 0 Å². The predicted octanol–water partition coefficient (Wildman–Crippen LogP) is 8.07. The molecule has 18 unspecified atom stereocenters. The molecule has 2 amide bonds. The maximum atomic E-state index is 13.5. The van der Waals surface area contributed by atoms with Gasteiger partial charge in [0, 0.05) is 19.8 Å². The second-order valence-electron chi connectivity index (χ2n) is 27.5. The van der Waals surface area contributed by atoms with E-state index in [0.29, 0.717) is 19.3 Å². The van der Waals surface area contributed by atoms with E-state index in [1.807, 2.05) is 0 Å². The van der Waals surface area contributed by atoms with Gasteiger partial charge in [-0.3, -0.25) is 9.59 Å². The number of nitrogens with one attached hydrogen (secondary N) is 2. The van der Waals surface area contributed by atoms with E-state index in [0.717, 1.165) is 51.9 Å². The highest BCUT2D eigenvalue weighted by Crippen LogP contribution is 2.39. The van der Waals surface area contributed by atoms with Gasteiger partial charge in [0.05, 0.1) is 50.7 Å². The highest BCUT2D eigenvalue weighted by atomic mass is 16.8. The summed E-state index contributed by atoms with van der Waals surface area (Å²) >= 11 is 0. The Hall–Kier alpha value is -2.27. The lowest BCUT2D eigenvalue weighted by molar-refractivity contribution is -0.386. The summed E-state index contributed by atoms with van der Waals surface area (Å²) in [5.41, 5.74) is 0. The number of unbranched alkanes of at least 4 members (excludes halogenated alkanes) is 38. The van der Waals surface area contributed by atoms with Gasteiger partial charge in [0.2, 0.25) is 11.8 Å². The zero-order valence-electron chi connectivity index (χ0n) is 58.1. The van der Waals surface area contributed by atoms with Crippen molar-refractivity contribution in [2.45, 2.75) is 407 Å². The maximum absolute atomic E-state index is 13.5. The van der Waals surface area contributed by atoms with Crippen LogP contribution in [0.5, 0.6) is 0 Å². The van der Waals surface area contributed by atoms with E-state index in [1.165, 1.54) is 199 Å². The number of rotatable bonds is 58. The summed E-state index contributed by atoms with van der Waals surface area (Å²) in [5, 5.41) is 136. The first-order valence-electron chi connectivity index (χ1n) is 37.4. The Kier molecular flexibility index (Phi) is 47.4. The molecule has 94 heavy (non-hydrogen) atoms. The lowest BCUT2D eigenvalue weighted by Gasteiger charge is -2.50. The lowest BCUT2D eigenvalue weighted by atomic mass is 9.88. The van der Waals surface area contributed by atoms with Crippen LogP contribution in [-0.4, -0.2) is 215 Å². The first-order valence-corrected chi connectivity index (χ1v) is 37.4. The molecule has 23 nitrogen and oxygen atoms in total. The number of ether oxygens (including phenoxy) is 6. The number of carboxylic acids is 1. The van der Waals surface area contributed by atoms with Crippen molar-refractivity contribution in [3.63, 3.8) is 0 Å². The molecule has 0 saturated carbocycles. The van der Waals surface area contributed by atoms with Crippen LogP contribution in [0, 0.1) is 0 Å². The molecule has 0 aromatic carbocycles. The molecule has 14 N–H and O–H groups in total. The van der Waals surface area contributed by atoms with E-state index in [4.69, 9.17) is 28.4 Å². The number of carbonyl (C=O) groups is 3. The van der Waals surface area contributed by atoms with Crippen molar-refractivity contribution < 1.29 is 104 Å². The second-order valence-corrected chi connectivity index (χ2v) is 27.5. The zero-order chi connectivity index (χ0) is 68.9. The molecular formula is C71H134N2O21. The largest absolute Gasteiger partial charge is 0.477 e. The fraction of sp³-hybridized carbons (Fsp3) is 0.958. The van der Waals surface area contributed by atoms with Crippen molar-refractivity contribution in [2.75, 3.05) is 26.4 Å². The third-order valence-corrected chi connectivity index (χ3v) is 19.3. The topological polar surface area (TPSA) is 373 Å². The van der Waals surface area contributed by atoms with Gasteiger partial charge in [-0.05, 0) is 12.8 Å². The molecule has 0 aromatic heterocycles. The van der Waals surface area contributed by atoms with E-state index >= 15 is 0 Å². The normalized spacial score (nSPS) is 27.8. The molecule has 3 heterocycles. The minimum atomic E-state index is -3.08. The molecule has 3 saturated heterocycles. The van der Waals surface area contributed by atoms with Crippen LogP contribution in [-0.2, 0) is 42.8 Å². The Morgan fingerprint density at radius 2 is 0.926 bits per heavy atom. The molecular weight excluding hydrogens is 1220 g/mol. The number of carbonyl (C=O) groups excluding carboxylic acids is 2. The van der Waals surface area contributed by atoms with Crippen molar-refractivity contribution >= 4 is 17.8 Å². The van der Waals surface area contributed by atoms with Crippen molar-refractivity contribution in [2.24, 2.45) is 0 Å². The van der Waals surface area contributed by atoms with E-state index in [-0.39, 0.29) is 18.9 Å². The molecule has 3 aliphatic rings. The second kappa shape index (κ2) is 51.8. The Morgan fingerprint density at radius 3 is 1.33 bits per heavy atom. The summed E-state index contributed by atoms with van der Waals surface area (Å²) in [6, 6.07) is -2.52. The number of hydrogen-bond donors (Lipinski definition) is 14. The molecule has 18 atom stereocenters. The lowest BCUT2D eigenvalue weighted by Crippen LogP contribution is -2.70. The molecule has 0 aromatic rings. The van der Waals surface area contributed by atoms with Crippen LogP contribution < -0.4 is 10.6 Å². The first kappa shape index (κ1) is 86.0. The summed E-state index contributed by atoms with van der Waals surface area (Å²) in [6.07, 6.45) is 20.9. The molecule has 3 aliphatic heterocycles. The van der Waals surface area contributed by atoms with Gasteiger partial charge < -0.3 is 100 Å². The van der Waals surface area contributed by atoms with Gasteiger partial charge in [-0.1, -0.05) is 264 Å². The van der Waals surface area contributed by atoms with Gasteiger partial charge in [0.15, 0.2) is 12.6 Å². The minimum Gasteiger partial charge on any atom is -0.477 e. The molecule has 3 fully saturated rings. The standard InChI is InChI=1S/C71H134N2O21/c1-4-6-8-10-12-14-16-18-20-22-24-26-28-30-32-34-36-38-40-42-44-53(78)52(73-58(81)45-43-41-39-37-35-33-31-29-27-25-23-21-19-17-15-13-11-9-7-5-2)50-89-68-63(85)62(84)65(57(49-76)91-68)92-69-64(86)67(61(83)56(48-75)90-69)94-71(70(87)88)46-54(79)59(72-51(3)77)66(93-71)60(82)55(80)47-74/h52-57,59-69,74-76,78-80,82-86H,4-50H2,1-3H3,(H,72,77)(H,73,81)(H,87,88). The maximum Gasteiger partial charge on any atom is 0.364 e. The van der Waals surface area contributed by atoms with E-state index in [2.05, 4.69) is 24.5 Å². The third-order valence-electron chi connectivity index (χ3n) is 19.3. The molecule has 0 bridgehead atoms. The zero-order valence-corrected chi connectivity index (χ0v) is 58.1. The van der Waals surface area contributed by atoms with Crippen LogP contribution in [0.25, 0.3) is 0 Å². The number of aliphatic carboxylic acids is 1. The van der Waals surface area contributed by atoms with Crippen LogP contribution in [0.1, 0.15) is 297 Å². The highest BCUT2D eigenvalue weighted by Gasteiger charge is 2.60. The Labute approximate surface area is 563 Å². The Bertz CT molecular complexity index is 1900. The van der Waals surface area contributed by atoms with Crippen molar-refractivity contribution in [1.82, 2.24) is 10.6 Å². The number of carboxylic acid groups (broad SMARTS) is 1. The summed E-state index contributed by atoms with van der Waals surface area (Å²) in [6.45, 7) is 2.25. The molecule has 0 spiro atoms. The average molecular weight is 1350 g/mol. The van der Waals surface area contributed by atoms with Crippen molar-refractivity contribution in [1.29, 1.82) is 0 Å². The van der Waals surface area contributed by atoms with Crippen LogP contribution in [0.3, 0.4) is 0 Å². The number of hydrogen-bond acceptors (Lipinski definition) is 20. The molecule has 23 heteroatoms. The van der Waals surface area contributed by atoms with Gasteiger partial charge in [-0.15, -0.1) is 0 Å². The van der Waals surface area contributed by atoms with Gasteiger partial charge >= 0.3 is 5.97 Å². The Morgan fingerprint density at radius 1 is 0.511 bits per heavy atom. The smallest absolute Gasteiger partial charge is 0.364 e. The molecule has 0 radical (unpaired) electrons. The average Bonchev–Trinajstić information content (AvgIpc) is 0.762. The minimum absolute atomic E-state index is 0.229. The van der Waals surface area contributed by atoms with Crippen LogP contribution in [0.15, 0.2) is 0 Å².